The third kappa shape index (κ3) is 5.46. The Balaban J connectivity index is 1.21. The minimum absolute atomic E-state index is 0.0437. The van der Waals surface area contributed by atoms with Gasteiger partial charge in [-0.1, -0.05) is 19.3 Å². The summed E-state index contributed by atoms with van der Waals surface area (Å²) >= 11 is 0. The van der Waals surface area contributed by atoms with E-state index >= 15 is 0 Å². The van der Waals surface area contributed by atoms with E-state index in [1.807, 2.05) is 17.0 Å². The number of rotatable bonds is 4. The molecule has 2 heterocycles. The predicted molar refractivity (Wildman–Crippen MR) is 121 cm³/mol. The predicted octanol–water partition coefficient (Wildman–Crippen LogP) is 4.37. The second kappa shape index (κ2) is 10.2. The van der Waals surface area contributed by atoms with Gasteiger partial charge in [-0.15, -0.1) is 0 Å². The van der Waals surface area contributed by atoms with E-state index < -0.39 is 0 Å². The normalized spacial score (nSPS) is 21.3. The molecule has 0 bridgehead atoms. The number of hydrogen-bond acceptors (Lipinski definition) is 3. The Kier molecular flexibility index (Phi) is 7.13. The topological polar surface area (TPSA) is 64.7 Å². The molecule has 2 aliphatic heterocycles. The number of nitrogens with zero attached hydrogens (tertiary/aromatic N) is 2. The summed E-state index contributed by atoms with van der Waals surface area (Å²) in [6, 6.07) is 8.37. The lowest BCUT2D eigenvalue weighted by molar-refractivity contribution is -0.126. The molecule has 164 valence electrons. The Morgan fingerprint density at radius 2 is 1.40 bits per heavy atom. The van der Waals surface area contributed by atoms with E-state index in [0.717, 1.165) is 44.5 Å². The largest absolute Gasteiger partial charge is 0.372 e. The van der Waals surface area contributed by atoms with Crippen LogP contribution in [0, 0.1) is 5.92 Å². The second-order valence-electron chi connectivity index (χ2n) is 9.13. The number of benzene rings is 1. The van der Waals surface area contributed by atoms with Gasteiger partial charge in [0.2, 0.25) is 5.91 Å². The van der Waals surface area contributed by atoms with Crippen LogP contribution in [0.2, 0.25) is 0 Å². The molecule has 2 saturated heterocycles. The van der Waals surface area contributed by atoms with Gasteiger partial charge in [0.1, 0.15) is 0 Å². The Labute approximate surface area is 180 Å². The molecule has 1 aromatic rings. The standard InChI is InChI=1S/C24H36N4O2/c29-23(19-7-3-1-4-8-19)25-21-13-17-28(18-14-21)24(30)26-20-9-11-22(12-10-20)27-15-5-2-6-16-27/h9-12,19,21H,1-8,13-18H2,(H,25,29)(H,26,30). The number of amides is 3. The number of piperidine rings is 2. The zero-order chi connectivity index (χ0) is 20.8. The molecule has 0 atom stereocenters. The van der Waals surface area contributed by atoms with Gasteiger partial charge in [0.05, 0.1) is 0 Å². The summed E-state index contributed by atoms with van der Waals surface area (Å²) in [7, 11) is 0. The summed E-state index contributed by atoms with van der Waals surface area (Å²) in [4.78, 5) is 29.4. The van der Waals surface area contributed by atoms with Crippen LogP contribution in [0.4, 0.5) is 16.2 Å². The fourth-order valence-electron chi connectivity index (χ4n) is 5.02. The molecule has 0 spiro atoms. The zero-order valence-corrected chi connectivity index (χ0v) is 18.1. The minimum Gasteiger partial charge on any atom is -0.372 e. The SMILES string of the molecule is O=C(NC1CCN(C(=O)Nc2ccc(N3CCCCC3)cc2)CC1)C1CCCCC1. The van der Waals surface area contributed by atoms with Crippen LogP contribution in [0.25, 0.3) is 0 Å². The lowest BCUT2D eigenvalue weighted by Gasteiger charge is -2.33. The highest BCUT2D eigenvalue weighted by Crippen LogP contribution is 2.25. The summed E-state index contributed by atoms with van der Waals surface area (Å²) in [5, 5.41) is 6.26. The van der Waals surface area contributed by atoms with Gasteiger partial charge < -0.3 is 20.4 Å². The number of anilines is 2. The maximum Gasteiger partial charge on any atom is 0.321 e. The monoisotopic (exact) mass is 412 g/mol. The second-order valence-corrected chi connectivity index (χ2v) is 9.13. The first-order chi connectivity index (χ1) is 14.7. The van der Waals surface area contributed by atoms with Crippen LogP contribution < -0.4 is 15.5 Å². The van der Waals surface area contributed by atoms with Gasteiger partial charge in [0.15, 0.2) is 0 Å². The molecule has 6 heteroatoms. The number of carbonyl (C=O) groups is 2. The van der Waals surface area contributed by atoms with Gasteiger partial charge in [0, 0.05) is 49.5 Å². The average molecular weight is 413 g/mol. The molecule has 0 radical (unpaired) electrons. The number of nitrogens with one attached hydrogen (secondary N) is 2. The van der Waals surface area contributed by atoms with Crippen LogP contribution in [0.3, 0.4) is 0 Å². The number of carbonyl (C=O) groups excluding carboxylic acids is 2. The third-order valence-corrected chi connectivity index (χ3v) is 6.94. The van der Waals surface area contributed by atoms with Gasteiger partial charge in [-0.2, -0.15) is 0 Å². The van der Waals surface area contributed by atoms with E-state index in [1.165, 1.54) is 44.2 Å². The Morgan fingerprint density at radius 1 is 0.767 bits per heavy atom. The van der Waals surface area contributed by atoms with Crippen molar-refractivity contribution in [3.05, 3.63) is 24.3 Å². The third-order valence-electron chi connectivity index (χ3n) is 6.94. The van der Waals surface area contributed by atoms with E-state index in [1.54, 1.807) is 0 Å². The molecular formula is C24H36N4O2. The van der Waals surface area contributed by atoms with Crippen molar-refractivity contribution in [1.29, 1.82) is 0 Å². The van der Waals surface area contributed by atoms with Crippen molar-refractivity contribution in [3.8, 4) is 0 Å². The summed E-state index contributed by atoms with van der Waals surface area (Å²) in [5.74, 6) is 0.430. The Morgan fingerprint density at radius 3 is 2.07 bits per heavy atom. The van der Waals surface area contributed by atoms with Crippen molar-refractivity contribution in [3.63, 3.8) is 0 Å². The molecule has 3 amide bonds. The van der Waals surface area contributed by atoms with Crippen LogP contribution in [0.1, 0.15) is 64.2 Å². The molecule has 3 aliphatic rings. The minimum atomic E-state index is -0.0437. The van der Waals surface area contributed by atoms with Gasteiger partial charge in [-0.25, -0.2) is 4.79 Å². The zero-order valence-electron chi connectivity index (χ0n) is 18.1. The molecule has 2 N–H and O–H groups in total. The quantitative estimate of drug-likeness (QED) is 0.772. The highest BCUT2D eigenvalue weighted by atomic mass is 16.2. The summed E-state index contributed by atoms with van der Waals surface area (Å²) in [5.41, 5.74) is 2.08. The summed E-state index contributed by atoms with van der Waals surface area (Å²) < 4.78 is 0. The number of urea groups is 1. The van der Waals surface area contributed by atoms with E-state index in [-0.39, 0.29) is 23.9 Å². The van der Waals surface area contributed by atoms with E-state index in [0.29, 0.717) is 13.1 Å². The van der Waals surface area contributed by atoms with Crippen LogP contribution >= 0.6 is 0 Å². The van der Waals surface area contributed by atoms with Gasteiger partial charge in [-0.3, -0.25) is 4.79 Å². The first-order valence-electron chi connectivity index (χ1n) is 11.9. The first-order valence-corrected chi connectivity index (χ1v) is 11.9. The maximum atomic E-state index is 12.6. The smallest absolute Gasteiger partial charge is 0.321 e. The first kappa shape index (κ1) is 21.0. The Bertz CT molecular complexity index is 700. The highest BCUT2D eigenvalue weighted by molar-refractivity contribution is 5.89. The molecule has 1 aliphatic carbocycles. The van der Waals surface area contributed by atoms with E-state index in [2.05, 4.69) is 27.7 Å². The number of likely N-dealkylation sites (tertiary alicyclic amines) is 1. The van der Waals surface area contributed by atoms with Crippen LogP contribution in [-0.2, 0) is 4.79 Å². The molecule has 30 heavy (non-hydrogen) atoms. The number of hydrogen-bond donors (Lipinski definition) is 2. The van der Waals surface area contributed by atoms with Crippen LogP contribution in [0.15, 0.2) is 24.3 Å². The maximum absolute atomic E-state index is 12.6. The summed E-state index contributed by atoms with van der Waals surface area (Å²) in [6.07, 6.45) is 11.2. The molecule has 1 aromatic carbocycles. The molecule has 6 nitrogen and oxygen atoms in total. The molecule has 0 aromatic heterocycles. The van der Waals surface area contributed by atoms with Crippen molar-refractivity contribution < 1.29 is 9.59 Å². The lowest BCUT2D eigenvalue weighted by Crippen LogP contribution is -2.49. The van der Waals surface area contributed by atoms with Crippen molar-refractivity contribution in [2.75, 3.05) is 36.4 Å². The highest BCUT2D eigenvalue weighted by Gasteiger charge is 2.27. The van der Waals surface area contributed by atoms with Crippen LogP contribution in [0.5, 0.6) is 0 Å². The molecule has 3 fully saturated rings. The molecule has 4 rings (SSSR count). The Hall–Kier alpha value is -2.24. The van der Waals surface area contributed by atoms with Crippen molar-refractivity contribution >= 4 is 23.3 Å². The van der Waals surface area contributed by atoms with Gasteiger partial charge >= 0.3 is 6.03 Å². The van der Waals surface area contributed by atoms with Crippen LogP contribution in [-0.4, -0.2) is 49.1 Å². The fourth-order valence-corrected chi connectivity index (χ4v) is 5.02. The molecule has 0 unspecified atom stereocenters. The van der Waals surface area contributed by atoms with Crippen molar-refractivity contribution in [2.24, 2.45) is 5.92 Å². The average Bonchev–Trinajstić information content (AvgIpc) is 2.81. The molecule has 1 saturated carbocycles. The van der Waals surface area contributed by atoms with E-state index in [4.69, 9.17) is 0 Å². The van der Waals surface area contributed by atoms with Gasteiger partial charge in [0.25, 0.3) is 0 Å². The molecular weight excluding hydrogens is 376 g/mol. The van der Waals surface area contributed by atoms with Gasteiger partial charge in [-0.05, 0) is 69.2 Å². The van der Waals surface area contributed by atoms with Crippen molar-refractivity contribution in [2.45, 2.75) is 70.3 Å². The fraction of sp³-hybridized carbons (Fsp3) is 0.667. The van der Waals surface area contributed by atoms with E-state index in [9.17, 15) is 9.59 Å². The lowest BCUT2D eigenvalue weighted by atomic mass is 9.88. The summed E-state index contributed by atoms with van der Waals surface area (Å²) in [6.45, 7) is 3.62. The van der Waals surface area contributed by atoms with Crippen molar-refractivity contribution in [1.82, 2.24) is 10.2 Å².